The molecule has 0 aromatic heterocycles. The third-order valence-electron chi connectivity index (χ3n) is 2.10. The molecule has 1 aromatic carbocycles. The van der Waals surface area contributed by atoms with Gasteiger partial charge in [-0.25, -0.2) is 0 Å². The van der Waals surface area contributed by atoms with E-state index in [2.05, 4.69) is 5.32 Å². The monoisotopic (exact) mass is 236 g/mol. The average Bonchev–Trinajstić information content (AvgIpc) is 2.34. The van der Waals surface area contributed by atoms with Crippen molar-refractivity contribution >= 4 is 17.9 Å². The Balaban J connectivity index is 2.51. The van der Waals surface area contributed by atoms with Gasteiger partial charge in [0.25, 0.3) is 5.91 Å². The third kappa shape index (κ3) is 4.14. The second-order valence-corrected chi connectivity index (χ2v) is 3.55. The fourth-order valence-electron chi connectivity index (χ4n) is 1.23. The maximum absolute atomic E-state index is 11.3. The number of carbonyl (C=O) groups excluding carboxylic acids is 2. The minimum Gasteiger partial charge on any atom is -0.482 e. The van der Waals surface area contributed by atoms with Gasteiger partial charge in [-0.3, -0.25) is 9.59 Å². The van der Waals surface area contributed by atoms with E-state index in [4.69, 9.17) is 10.5 Å². The largest absolute Gasteiger partial charge is 0.482 e. The van der Waals surface area contributed by atoms with E-state index in [-0.39, 0.29) is 12.5 Å². The van der Waals surface area contributed by atoms with E-state index in [1.165, 1.54) is 6.07 Å². The van der Waals surface area contributed by atoms with Crippen molar-refractivity contribution in [1.29, 1.82) is 0 Å². The van der Waals surface area contributed by atoms with Crippen LogP contribution in [0, 0.1) is 0 Å². The van der Waals surface area contributed by atoms with Gasteiger partial charge in [-0.1, -0.05) is 6.92 Å². The maximum Gasteiger partial charge on any atom is 0.257 e. The molecule has 0 aliphatic heterocycles. The normalized spacial score (nSPS) is 9.71. The van der Waals surface area contributed by atoms with Crippen LogP contribution in [0.4, 0.5) is 5.69 Å². The fourth-order valence-corrected chi connectivity index (χ4v) is 1.23. The second kappa shape index (κ2) is 6.52. The summed E-state index contributed by atoms with van der Waals surface area (Å²) in [6, 6.07) is 4.67. The van der Waals surface area contributed by atoms with E-state index in [0.29, 0.717) is 29.8 Å². The SMILES string of the molecule is CCCNC(=O)COc1ccc(C=O)cc1N. The van der Waals surface area contributed by atoms with Crippen molar-refractivity contribution in [3.8, 4) is 5.75 Å². The topological polar surface area (TPSA) is 81.4 Å². The number of hydrogen-bond acceptors (Lipinski definition) is 4. The number of hydrogen-bond donors (Lipinski definition) is 2. The Bertz CT molecular complexity index is 405. The summed E-state index contributed by atoms with van der Waals surface area (Å²) in [6.07, 6.45) is 1.58. The first kappa shape index (κ1) is 13.0. The molecular formula is C12H16N2O3. The van der Waals surface area contributed by atoms with Crippen LogP contribution >= 0.6 is 0 Å². The maximum atomic E-state index is 11.3. The highest BCUT2D eigenvalue weighted by Gasteiger charge is 2.05. The lowest BCUT2D eigenvalue weighted by atomic mass is 10.2. The summed E-state index contributed by atoms with van der Waals surface area (Å²) in [4.78, 5) is 21.8. The highest BCUT2D eigenvalue weighted by atomic mass is 16.5. The van der Waals surface area contributed by atoms with Crippen molar-refractivity contribution in [3.05, 3.63) is 23.8 Å². The number of nitrogens with two attached hydrogens (primary N) is 1. The molecule has 3 N–H and O–H groups in total. The number of rotatable bonds is 6. The van der Waals surface area contributed by atoms with Crippen molar-refractivity contribution < 1.29 is 14.3 Å². The number of aldehydes is 1. The summed E-state index contributed by atoms with van der Waals surface area (Å²) < 4.78 is 5.24. The van der Waals surface area contributed by atoms with Crippen LogP contribution in [-0.2, 0) is 4.79 Å². The van der Waals surface area contributed by atoms with Crippen molar-refractivity contribution in [2.75, 3.05) is 18.9 Å². The highest BCUT2D eigenvalue weighted by Crippen LogP contribution is 2.21. The molecule has 0 aliphatic rings. The number of benzene rings is 1. The lowest BCUT2D eigenvalue weighted by Crippen LogP contribution is -2.29. The molecule has 0 spiro atoms. The van der Waals surface area contributed by atoms with Gasteiger partial charge in [0.2, 0.25) is 0 Å². The molecule has 1 amide bonds. The van der Waals surface area contributed by atoms with Gasteiger partial charge in [0.1, 0.15) is 12.0 Å². The smallest absolute Gasteiger partial charge is 0.257 e. The van der Waals surface area contributed by atoms with E-state index in [9.17, 15) is 9.59 Å². The van der Waals surface area contributed by atoms with Crippen molar-refractivity contribution in [2.24, 2.45) is 0 Å². The predicted molar refractivity (Wildman–Crippen MR) is 65.0 cm³/mol. The number of anilines is 1. The van der Waals surface area contributed by atoms with Crippen LogP contribution < -0.4 is 15.8 Å². The molecule has 0 saturated heterocycles. The van der Waals surface area contributed by atoms with Crippen LogP contribution in [0.1, 0.15) is 23.7 Å². The molecule has 17 heavy (non-hydrogen) atoms. The minimum absolute atomic E-state index is 0.0787. The Hall–Kier alpha value is -2.04. The van der Waals surface area contributed by atoms with Gasteiger partial charge in [-0.2, -0.15) is 0 Å². The van der Waals surface area contributed by atoms with Crippen LogP contribution in [0.2, 0.25) is 0 Å². The molecule has 1 aromatic rings. The van der Waals surface area contributed by atoms with Gasteiger partial charge in [0.15, 0.2) is 6.61 Å². The molecule has 5 heteroatoms. The molecule has 5 nitrogen and oxygen atoms in total. The van der Waals surface area contributed by atoms with Crippen LogP contribution in [0.5, 0.6) is 5.75 Å². The van der Waals surface area contributed by atoms with E-state index < -0.39 is 0 Å². The quantitative estimate of drug-likeness (QED) is 0.570. The van der Waals surface area contributed by atoms with Crippen LogP contribution in [0.25, 0.3) is 0 Å². The molecule has 0 radical (unpaired) electrons. The van der Waals surface area contributed by atoms with Crippen molar-refractivity contribution in [2.45, 2.75) is 13.3 Å². The summed E-state index contributed by atoms with van der Waals surface area (Å²) >= 11 is 0. The lowest BCUT2D eigenvalue weighted by molar-refractivity contribution is -0.123. The van der Waals surface area contributed by atoms with Gasteiger partial charge >= 0.3 is 0 Å². The van der Waals surface area contributed by atoms with Crippen molar-refractivity contribution in [1.82, 2.24) is 5.32 Å². The van der Waals surface area contributed by atoms with Crippen LogP contribution in [-0.4, -0.2) is 25.3 Å². The first-order valence-corrected chi connectivity index (χ1v) is 5.41. The predicted octanol–water partition coefficient (Wildman–Crippen LogP) is 0.986. The standard InChI is InChI=1S/C12H16N2O3/c1-2-5-14-12(16)8-17-11-4-3-9(7-15)6-10(11)13/h3-4,6-7H,2,5,8,13H2,1H3,(H,14,16). The van der Waals surface area contributed by atoms with Crippen LogP contribution in [0.15, 0.2) is 18.2 Å². The number of ether oxygens (including phenoxy) is 1. The zero-order valence-electron chi connectivity index (χ0n) is 9.73. The first-order chi connectivity index (χ1) is 8.17. The Kier molecular flexibility index (Phi) is 5.00. The number of nitrogen functional groups attached to an aromatic ring is 1. The molecule has 0 saturated carbocycles. The van der Waals surface area contributed by atoms with E-state index in [1.807, 2.05) is 6.92 Å². The molecule has 92 valence electrons. The molecule has 0 heterocycles. The second-order valence-electron chi connectivity index (χ2n) is 3.55. The lowest BCUT2D eigenvalue weighted by Gasteiger charge is -2.09. The van der Waals surface area contributed by atoms with Gasteiger partial charge in [-0.05, 0) is 24.6 Å². The van der Waals surface area contributed by atoms with Gasteiger partial charge < -0.3 is 15.8 Å². The van der Waals surface area contributed by atoms with Crippen LogP contribution in [0.3, 0.4) is 0 Å². The molecule has 1 rings (SSSR count). The Labute approximate surface area is 99.9 Å². The summed E-state index contributed by atoms with van der Waals surface area (Å²) in [5.41, 5.74) is 6.49. The average molecular weight is 236 g/mol. The van der Waals surface area contributed by atoms with Gasteiger partial charge in [-0.15, -0.1) is 0 Å². The number of carbonyl (C=O) groups is 2. The summed E-state index contributed by atoms with van der Waals surface area (Å²) in [6.45, 7) is 2.52. The molecule has 0 fully saturated rings. The molecular weight excluding hydrogens is 220 g/mol. The zero-order valence-corrected chi connectivity index (χ0v) is 9.73. The van der Waals surface area contributed by atoms with E-state index in [0.717, 1.165) is 6.42 Å². The fraction of sp³-hybridized carbons (Fsp3) is 0.333. The Morgan fingerprint density at radius 1 is 1.53 bits per heavy atom. The van der Waals surface area contributed by atoms with Crippen molar-refractivity contribution in [3.63, 3.8) is 0 Å². The number of amides is 1. The number of nitrogens with one attached hydrogen (secondary N) is 1. The van der Waals surface area contributed by atoms with E-state index >= 15 is 0 Å². The first-order valence-electron chi connectivity index (χ1n) is 5.41. The van der Waals surface area contributed by atoms with Gasteiger partial charge in [0, 0.05) is 12.1 Å². The molecule has 0 aliphatic carbocycles. The summed E-state index contributed by atoms with van der Waals surface area (Å²) in [5, 5.41) is 2.68. The Morgan fingerprint density at radius 3 is 2.88 bits per heavy atom. The zero-order chi connectivity index (χ0) is 12.7. The highest BCUT2D eigenvalue weighted by molar-refractivity contribution is 5.79. The molecule has 0 atom stereocenters. The molecule has 0 bridgehead atoms. The minimum atomic E-state index is -0.189. The summed E-state index contributed by atoms with van der Waals surface area (Å²) in [7, 11) is 0. The Morgan fingerprint density at radius 2 is 2.29 bits per heavy atom. The molecule has 0 unspecified atom stereocenters. The third-order valence-corrected chi connectivity index (χ3v) is 2.10. The van der Waals surface area contributed by atoms with E-state index in [1.54, 1.807) is 12.1 Å². The van der Waals surface area contributed by atoms with Gasteiger partial charge in [0.05, 0.1) is 5.69 Å². The summed E-state index contributed by atoms with van der Waals surface area (Å²) in [5.74, 6) is 0.216.